The molecule has 0 unspecified atom stereocenters. The van der Waals surface area contributed by atoms with Crippen LogP contribution in [0.5, 0.6) is 11.5 Å². The Balaban J connectivity index is 2.45. The maximum atomic E-state index is 12.6. The number of aliphatic carboxylic acids is 1. The van der Waals surface area contributed by atoms with E-state index in [4.69, 9.17) is 26.8 Å². The second-order valence-electron chi connectivity index (χ2n) is 5.46. The molecule has 10 heteroatoms. The van der Waals surface area contributed by atoms with Crippen LogP contribution in [0.25, 0.3) is 6.08 Å². The van der Waals surface area contributed by atoms with Crippen molar-refractivity contribution < 1.29 is 29.0 Å². The number of benzene rings is 1. The summed E-state index contributed by atoms with van der Waals surface area (Å²) in [5, 5.41) is 11.3. The number of nitrogens with one attached hydrogen (secondary N) is 1. The SMILES string of the molecule is C=CCN1C(=O)C(=Cc2cc(OCC)c(OCC(=O)O)cc2Br)C(=O)NC1=S. The van der Waals surface area contributed by atoms with Crippen molar-refractivity contribution >= 4 is 57.1 Å². The van der Waals surface area contributed by atoms with Crippen LogP contribution in [-0.2, 0) is 14.4 Å². The third-order valence-electron chi connectivity index (χ3n) is 3.51. The van der Waals surface area contributed by atoms with Gasteiger partial charge in [0.05, 0.1) is 6.61 Å². The Morgan fingerprint density at radius 1 is 1.36 bits per heavy atom. The summed E-state index contributed by atoms with van der Waals surface area (Å²) < 4.78 is 11.2. The first-order valence-corrected chi connectivity index (χ1v) is 9.29. The Bertz CT molecular complexity index is 883. The molecule has 0 aromatic heterocycles. The number of carboxylic acids is 1. The molecule has 148 valence electrons. The summed E-state index contributed by atoms with van der Waals surface area (Å²) in [6.45, 7) is 5.25. The highest BCUT2D eigenvalue weighted by Crippen LogP contribution is 2.35. The van der Waals surface area contributed by atoms with Crippen LogP contribution in [0, 0.1) is 0 Å². The molecule has 1 aliphatic rings. The Morgan fingerprint density at radius 2 is 2.04 bits per heavy atom. The van der Waals surface area contributed by atoms with Crippen LogP contribution in [0.2, 0.25) is 0 Å². The minimum atomic E-state index is -1.13. The molecular weight excluding hydrogens is 452 g/mol. The van der Waals surface area contributed by atoms with Gasteiger partial charge < -0.3 is 14.6 Å². The van der Waals surface area contributed by atoms with Crippen LogP contribution in [0.15, 0.2) is 34.8 Å². The second-order valence-corrected chi connectivity index (χ2v) is 6.70. The monoisotopic (exact) mass is 468 g/mol. The van der Waals surface area contributed by atoms with E-state index in [9.17, 15) is 14.4 Å². The molecule has 28 heavy (non-hydrogen) atoms. The fourth-order valence-electron chi connectivity index (χ4n) is 2.33. The van der Waals surface area contributed by atoms with Gasteiger partial charge in [-0.1, -0.05) is 22.0 Å². The lowest BCUT2D eigenvalue weighted by molar-refractivity contribution is -0.139. The second kappa shape index (κ2) is 9.47. The van der Waals surface area contributed by atoms with Crippen molar-refractivity contribution in [2.24, 2.45) is 0 Å². The third-order valence-corrected chi connectivity index (χ3v) is 4.52. The summed E-state index contributed by atoms with van der Waals surface area (Å²) in [4.78, 5) is 36.9. The number of carboxylic acid groups (broad SMARTS) is 1. The molecule has 0 spiro atoms. The van der Waals surface area contributed by atoms with Crippen LogP contribution in [0.4, 0.5) is 0 Å². The minimum Gasteiger partial charge on any atom is -0.490 e. The molecule has 1 aliphatic heterocycles. The van der Waals surface area contributed by atoms with E-state index in [2.05, 4.69) is 27.8 Å². The van der Waals surface area contributed by atoms with E-state index in [1.54, 1.807) is 13.0 Å². The summed E-state index contributed by atoms with van der Waals surface area (Å²) in [5.41, 5.74) is 0.355. The predicted octanol–water partition coefficient (Wildman–Crippen LogP) is 2.12. The summed E-state index contributed by atoms with van der Waals surface area (Å²) >= 11 is 8.35. The van der Waals surface area contributed by atoms with Crippen LogP contribution in [-0.4, -0.2) is 52.7 Å². The third kappa shape index (κ3) is 4.96. The topological polar surface area (TPSA) is 105 Å². The first kappa shape index (κ1) is 21.6. The molecule has 0 aliphatic carbocycles. The van der Waals surface area contributed by atoms with Crippen molar-refractivity contribution in [3.8, 4) is 11.5 Å². The van der Waals surface area contributed by atoms with Gasteiger partial charge in [-0.05, 0) is 42.9 Å². The van der Waals surface area contributed by atoms with Crippen molar-refractivity contribution in [3.63, 3.8) is 0 Å². The normalized spacial score (nSPS) is 15.4. The Labute approximate surface area is 174 Å². The van der Waals surface area contributed by atoms with Gasteiger partial charge in [-0.3, -0.25) is 19.8 Å². The molecule has 1 aromatic rings. The number of thiocarbonyl (C=S) groups is 1. The van der Waals surface area contributed by atoms with Gasteiger partial charge in [0.1, 0.15) is 5.57 Å². The molecule has 2 rings (SSSR count). The standard InChI is InChI=1S/C18H17BrN2O6S/c1-3-5-21-17(25)11(16(24)20-18(21)28)6-10-7-13(26-4-2)14(8-12(10)19)27-9-15(22)23/h3,6-8H,1,4-5,9H2,2H3,(H,22,23)(H,20,24,28). The highest BCUT2D eigenvalue weighted by Gasteiger charge is 2.32. The Morgan fingerprint density at radius 3 is 2.64 bits per heavy atom. The molecule has 2 amide bonds. The molecule has 1 aromatic carbocycles. The summed E-state index contributed by atoms with van der Waals surface area (Å²) in [5.74, 6) is -1.81. The molecule has 8 nitrogen and oxygen atoms in total. The molecular formula is C18H17BrN2O6S. The number of hydrogen-bond acceptors (Lipinski definition) is 6. The summed E-state index contributed by atoms with van der Waals surface area (Å²) in [6, 6.07) is 3.06. The van der Waals surface area contributed by atoms with Gasteiger partial charge in [0, 0.05) is 11.0 Å². The number of rotatable bonds is 8. The largest absolute Gasteiger partial charge is 0.490 e. The van der Waals surface area contributed by atoms with Crippen LogP contribution >= 0.6 is 28.1 Å². The first-order chi connectivity index (χ1) is 13.3. The lowest BCUT2D eigenvalue weighted by Gasteiger charge is -2.27. The number of carbonyl (C=O) groups excluding carboxylic acids is 2. The molecule has 0 saturated carbocycles. The summed E-state index contributed by atoms with van der Waals surface area (Å²) in [6.07, 6.45) is 2.89. The smallest absolute Gasteiger partial charge is 0.341 e. The Hall–Kier alpha value is -2.72. The lowest BCUT2D eigenvalue weighted by atomic mass is 10.1. The molecule has 1 saturated heterocycles. The Kier molecular flexibility index (Phi) is 7.30. The van der Waals surface area contributed by atoms with Crippen LogP contribution in [0.1, 0.15) is 12.5 Å². The number of halogens is 1. The molecule has 0 radical (unpaired) electrons. The van der Waals surface area contributed by atoms with Gasteiger partial charge in [0.2, 0.25) is 0 Å². The highest BCUT2D eigenvalue weighted by molar-refractivity contribution is 9.10. The quantitative estimate of drug-likeness (QED) is 0.260. The highest BCUT2D eigenvalue weighted by atomic mass is 79.9. The van der Waals surface area contributed by atoms with Crippen molar-refractivity contribution in [2.45, 2.75) is 6.92 Å². The van der Waals surface area contributed by atoms with Crippen LogP contribution < -0.4 is 14.8 Å². The fourth-order valence-corrected chi connectivity index (χ4v) is 3.01. The van der Waals surface area contributed by atoms with Gasteiger partial charge in [-0.2, -0.15) is 0 Å². The maximum Gasteiger partial charge on any atom is 0.341 e. The van der Waals surface area contributed by atoms with Gasteiger partial charge in [-0.25, -0.2) is 4.79 Å². The van der Waals surface area contributed by atoms with E-state index in [-0.39, 0.29) is 28.7 Å². The maximum absolute atomic E-state index is 12.6. The number of hydrogen-bond donors (Lipinski definition) is 2. The number of carbonyl (C=O) groups is 3. The molecule has 0 bridgehead atoms. The van der Waals surface area contributed by atoms with E-state index >= 15 is 0 Å². The van der Waals surface area contributed by atoms with Gasteiger partial charge in [0.25, 0.3) is 11.8 Å². The zero-order chi connectivity index (χ0) is 20.8. The number of amides is 2. The zero-order valence-electron chi connectivity index (χ0n) is 14.9. The minimum absolute atomic E-state index is 0.0125. The van der Waals surface area contributed by atoms with E-state index in [0.717, 1.165) is 0 Å². The predicted molar refractivity (Wildman–Crippen MR) is 109 cm³/mol. The van der Waals surface area contributed by atoms with E-state index in [1.165, 1.54) is 23.1 Å². The molecule has 2 N–H and O–H groups in total. The lowest BCUT2D eigenvalue weighted by Crippen LogP contribution is -2.53. The van der Waals surface area contributed by atoms with Crippen molar-refractivity contribution in [1.29, 1.82) is 0 Å². The fraction of sp³-hybridized carbons (Fsp3) is 0.222. The van der Waals surface area contributed by atoms with Gasteiger partial charge in [0.15, 0.2) is 23.2 Å². The molecule has 0 atom stereocenters. The number of nitrogens with zero attached hydrogens (tertiary/aromatic N) is 1. The van der Waals surface area contributed by atoms with Gasteiger partial charge in [-0.15, -0.1) is 6.58 Å². The molecule has 1 heterocycles. The first-order valence-electron chi connectivity index (χ1n) is 8.09. The van der Waals surface area contributed by atoms with E-state index in [0.29, 0.717) is 16.6 Å². The number of ether oxygens (including phenoxy) is 2. The van der Waals surface area contributed by atoms with Gasteiger partial charge >= 0.3 is 5.97 Å². The van der Waals surface area contributed by atoms with E-state index < -0.39 is 24.4 Å². The van der Waals surface area contributed by atoms with Crippen molar-refractivity contribution in [3.05, 3.63) is 40.4 Å². The van der Waals surface area contributed by atoms with Crippen LogP contribution in [0.3, 0.4) is 0 Å². The van der Waals surface area contributed by atoms with E-state index in [1.807, 2.05) is 0 Å². The molecule has 1 fully saturated rings. The van der Waals surface area contributed by atoms with Crippen molar-refractivity contribution in [1.82, 2.24) is 10.2 Å². The summed E-state index contributed by atoms with van der Waals surface area (Å²) in [7, 11) is 0. The average Bonchev–Trinajstić information content (AvgIpc) is 2.63. The van der Waals surface area contributed by atoms with Crippen molar-refractivity contribution in [2.75, 3.05) is 19.8 Å². The average molecular weight is 469 g/mol. The zero-order valence-corrected chi connectivity index (χ0v) is 17.3.